The zero-order valence-electron chi connectivity index (χ0n) is 14.2. The summed E-state index contributed by atoms with van der Waals surface area (Å²) in [5.41, 5.74) is 5.74. The molecule has 0 saturated carbocycles. The first-order valence-corrected chi connectivity index (χ1v) is 9.03. The van der Waals surface area contributed by atoms with Gasteiger partial charge in [0.2, 0.25) is 18.1 Å². The van der Waals surface area contributed by atoms with Gasteiger partial charge in [-0.15, -0.1) is 0 Å². The van der Waals surface area contributed by atoms with Crippen LogP contribution in [0.4, 0.5) is 0 Å². The predicted molar refractivity (Wildman–Crippen MR) is 91.7 cm³/mol. The van der Waals surface area contributed by atoms with Crippen LogP contribution in [0.25, 0.3) is 0 Å². The molecule has 0 spiro atoms. The SMILES string of the molecule is CSCC[C@H](N)C(=O)N[C@H](C(=O)N[C@H]([C]=O)CC(C)C)[C@@H](C)O. The van der Waals surface area contributed by atoms with Crippen LogP contribution in [0, 0.1) is 5.92 Å². The number of rotatable bonds is 11. The Morgan fingerprint density at radius 1 is 1.22 bits per heavy atom. The second-order valence-electron chi connectivity index (χ2n) is 5.92. The maximum absolute atomic E-state index is 12.2. The Hall–Kier alpha value is -1.12. The molecule has 0 aliphatic heterocycles. The van der Waals surface area contributed by atoms with Crippen LogP contribution in [0.1, 0.15) is 33.6 Å². The minimum absolute atomic E-state index is 0.196. The molecule has 0 unspecified atom stereocenters. The van der Waals surface area contributed by atoms with E-state index in [2.05, 4.69) is 10.6 Å². The average molecular weight is 346 g/mol. The number of amides is 2. The van der Waals surface area contributed by atoms with Gasteiger partial charge >= 0.3 is 0 Å². The Balaban J connectivity index is 4.74. The number of carbonyl (C=O) groups is 2. The second-order valence-corrected chi connectivity index (χ2v) is 6.91. The maximum atomic E-state index is 12.2. The Kier molecular flexibility index (Phi) is 10.9. The molecule has 0 aliphatic rings. The third-order valence-corrected chi connectivity index (χ3v) is 3.84. The van der Waals surface area contributed by atoms with Crippen LogP contribution in [-0.2, 0) is 14.4 Å². The zero-order chi connectivity index (χ0) is 18.0. The van der Waals surface area contributed by atoms with Crippen LogP contribution < -0.4 is 16.4 Å². The summed E-state index contributed by atoms with van der Waals surface area (Å²) < 4.78 is 0. The van der Waals surface area contributed by atoms with E-state index in [4.69, 9.17) is 5.73 Å². The summed E-state index contributed by atoms with van der Waals surface area (Å²) in [7, 11) is 0. The van der Waals surface area contributed by atoms with Crippen molar-refractivity contribution >= 4 is 29.9 Å². The molecule has 7 nitrogen and oxygen atoms in total. The van der Waals surface area contributed by atoms with E-state index >= 15 is 0 Å². The van der Waals surface area contributed by atoms with E-state index in [0.717, 1.165) is 5.75 Å². The number of thioether (sulfide) groups is 1. The van der Waals surface area contributed by atoms with Crippen molar-refractivity contribution in [1.29, 1.82) is 0 Å². The average Bonchev–Trinajstić information content (AvgIpc) is 2.47. The smallest absolute Gasteiger partial charge is 0.245 e. The molecule has 0 aliphatic carbocycles. The Bertz CT molecular complexity index is 391. The highest BCUT2D eigenvalue weighted by molar-refractivity contribution is 7.98. The molecular weight excluding hydrogens is 318 g/mol. The van der Waals surface area contributed by atoms with E-state index in [-0.39, 0.29) is 5.92 Å². The minimum atomic E-state index is -1.16. The molecule has 4 atom stereocenters. The van der Waals surface area contributed by atoms with Gasteiger partial charge in [-0.05, 0) is 37.7 Å². The summed E-state index contributed by atoms with van der Waals surface area (Å²) in [4.78, 5) is 35.1. The molecule has 23 heavy (non-hydrogen) atoms. The molecule has 0 saturated heterocycles. The standard InChI is InChI=1S/C15H28N3O4S/c1-9(2)7-11(8-19)17-15(22)13(10(3)20)18-14(21)12(16)5-6-23-4/h9-13,20H,5-7,16H2,1-4H3,(H,17,22)(H,18,21)/t10-,11+,12+,13+/m1/s1. The van der Waals surface area contributed by atoms with Gasteiger partial charge in [0.1, 0.15) is 6.04 Å². The van der Waals surface area contributed by atoms with Gasteiger partial charge in [-0.2, -0.15) is 11.8 Å². The maximum Gasteiger partial charge on any atom is 0.245 e. The fraction of sp³-hybridized carbons (Fsp3) is 0.800. The molecule has 0 aromatic carbocycles. The van der Waals surface area contributed by atoms with Gasteiger partial charge in [0.25, 0.3) is 0 Å². The van der Waals surface area contributed by atoms with Gasteiger partial charge in [0.05, 0.1) is 18.2 Å². The number of aliphatic hydroxyl groups excluding tert-OH is 1. The second kappa shape index (κ2) is 11.4. The molecule has 5 N–H and O–H groups in total. The molecule has 0 bridgehead atoms. The van der Waals surface area contributed by atoms with Crippen LogP contribution in [0.5, 0.6) is 0 Å². The van der Waals surface area contributed by atoms with E-state index in [0.29, 0.717) is 12.8 Å². The lowest BCUT2D eigenvalue weighted by molar-refractivity contribution is -0.132. The molecule has 1 radical (unpaired) electrons. The quantitative estimate of drug-likeness (QED) is 0.403. The Labute approximate surface area is 142 Å². The van der Waals surface area contributed by atoms with Gasteiger partial charge in [-0.25, -0.2) is 0 Å². The van der Waals surface area contributed by atoms with Crippen LogP contribution >= 0.6 is 11.8 Å². The van der Waals surface area contributed by atoms with Crippen molar-refractivity contribution in [2.75, 3.05) is 12.0 Å². The van der Waals surface area contributed by atoms with Crippen LogP contribution in [0.15, 0.2) is 0 Å². The molecular formula is C15H28N3O4S. The topological polar surface area (TPSA) is 122 Å². The first kappa shape index (κ1) is 21.9. The number of aliphatic hydroxyl groups is 1. The highest BCUT2D eigenvalue weighted by Gasteiger charge is 2.29. The highest BCUT2D eigenvalue weighted by Crippen LogP contribution is 2.05. The fourth-order valence-corrected chi connectivity index (χ4v) is 2.40. The predicted octanol–water partition coefficient (Wildman–Crippen LogP) is -0.427. The Morgan fingerprint density at radius 3 is 2.26 bits per heavy atom. The molecule has 8 heteroatoms. The third-order valence-electron chi connectivity index (χ3n) is 3.20. The fourth-order valence-electron chi connectivity index (χ4n) is 1.91. The van der Waals surface area contributed by atoms with Crippen molar-refractivity contribution in [1.82, 2.24) is 10.6 Å². The number of nitrogens with two attached hydrogens (primary N) is 1. The van der Waals surface area contributed by atoms with Gasteiger partial charge < -0.3 is 21.5 Å². The van der Waals surface area contributed by atoms with Crippen LogP contribution in [0.3, 0.4) is 0 Å². The molecule has 0 aromatic heterocycles. The molecule has 133 valence electrons. The molecule has 0 fully saturated rings. The van der Waals surface area contributed by atoms with Crippen LogP contribution in [-0.4, -0.2) is 59.4 Å². The Morgan fingerprint density at radius 2 is 1.83 bits per heavy atom. The van der Waals surface area contributed by atoms with Crippen molar-refractivity contribution in [3.8, 4) is 0 Å². The van der Waals surface area contributed by atoms with E-state index in [1.165, 1.54) is 6.92 Å². The van der Waals surface area contributed by atoms with Gasteiger partial charge in [-0.3, -0.25) is 14.4 Å². The summed E-state index contributed by atoms with van der Waals surface area (Å²) in [6, 6.07) is -2.68. The van der Waals surface area contributed by atoms with Crippen LogP contribution in [0.2, 0.25) is 0 Å². The summed E-state index contributed by atoms with van der Waals surface area (Å²) >= 11 is 1.56. The third kappa shape index (κ3) is 8.92. The van der Waals surface area contributed by atoms with E-state index in [9.17, 15) is 19.5 Å². The van der Waals surface area contributed by atoms with E-state index < -0.39 is 36.0 Å². The van der Waals surface area contributed by atoms with Crippen molar-refractivity contribution < 1.29 is 19.5 Å². The molecule has 0 heterocycles. The van der Waals surface area contributed by atoms with Crippen molar-refractivity contribution in [3.63, 3.8) is 0 Å². The number of hydrogen-bond acceptors (Lipinski definition) is 6. The van der Waals surface area contributed by atoms with E-state index in [1.807, 2.05) is 20.1 Å². The lowest BCUT2D eigenvalue weighted by Gasteiger charge is -2.24. The highest BCUT2D eigenvalue weighted by atomic mass is 32.2. The summed E-state index contributed by atoms with van der Waals surface area (Å²) in [5.74, 6) is -0.215. The molecule has 0 rings (SSSR count). The summed E-state index contributed by atoms with van der Waals surface area (Å²) in [6.07, 6.45) is 3.45. The summed E-state index contributed by atoms with van der Waals surface area (Å²) in [6.45, 7) is 5.21. The normalized spacial score (nSPS) is 16.3. The first-order chi connectivity index (χ1) is 10.7. The molecule has 0 aromatic rings. The van der Waals surface area contributed by atoms with Crippen molar-refractivity contribution in [2.45, 2.75) is 57.8 Å². The monoisotopic (exact) mass is 346 g/mol. The lowest BCUT2D eigenvalue weighted by Crippen LogP contribution is -2.57. The number of nitrogens with one attached hydrogen (secondary N) is 2. The van der Waals surface area contributed by atoms with E-state index in [1.54, 1.807) is 18.0 Å². The van der Waals surface area contributed by atoms with Crippen molar-refractivity contribution in [3.05, 3.63) is 0 Å². The first-order valence-electron chi connectivity index (χ1n) is 7.63. The number of hydrogen-bond donors (Lipinski definition) is 4. The van der Waals surface area contributed by atoms with Gasteiger partial charge in [-0.1, -0.05) is 13.8 Å². The lowest BCUT2D eigenvalue weighted by atomic mass is 10.0. The minimum Gasteiger partial charge on any atom is -0.391 e. The van der Waals surface area contributed by atoms with Gasteiger partial charge in [0.15, 0.2) is 0 Å². The van der Waals surface area contributed by atoms with Gasteiger partial charge in [0, 0.05) is 0 Å². The number of carbonyl (C=O) groups excluding carboxylic acids is 3. The molecule has 2 amide bonds. The zero-order valence-corrected chi connectivity index (χ0v) is 15.0. The summed E-state index contributed by atoms with van der Waals surface area (Å²) in [5, 5.41) is 14.7. The largest absolute Gasteiger partial charge is 0.391 e. The van der Waals surface area contributed by atoms with Crippen molar-refractivity contribution in [2.24, 2.45) is 11.7 Å².